The van der Waals surface area contributed by atoms with Crippen molar-refractivity contribution in [3.8, 4) is 11.5 Å². The Morgan fingerprint density at radius 3 is 2.69 bits per heavy atom. The predicted molar refractivity (Wildman–Crippen MR) is 102 cm³/mol. The van der Waals surface area contributed by atoms with E-state index in [-0.39, 0.29) is 18.2 Å². The van der Waals surface area contributed by atoms with E-state index in [1.165, 1.54) is 10.5 Å². The molecule has 0 saturated carbocycles. The molecular weight excluding hydrogens is 402 g/mol. The summed E-state index contributed by atoms with van der Waals surface area (Å²) in [6.07, 6.45) is -0.123. The van der Waals surface area contributed by atoms with Crippen LogP contribution in [0.5, 0.6) is 0 Å². The van der Waals surface area contributed by atoms with Gasteiger partial charge in [0.2, 0.25) is 15.9 Å². The monoisotopic (exact) mass is 420 g/mol. The van der Waals surface area contributed by atoms with Gasteiger partial charge in [-0.05, 0) is 42.2 Å². The van der Waals surface area contributed by atoms with Crippen LogP contribution in [0.15, 0.2) is 40.9 Å². The number of aromatic nitrogens is 3. The van der Waals surface area contributed by atoms with Crippen molar-refractivity contribution in [3.05, 3.63) is 59.2 Å². The van der Waals surface area contributed by atoms with E-state index in [2.05, 4.69) is 15.2 Å². The lowest BCUT2D eigenvalue weighted by molar-refractivity contribution is 0.116. The number of fused-ring (bicyclic) bond motifs is 1. The summed E-state index contributed by atoms with van der Waals surface area (Å²) in [5.74, 6) is -0.775. The molecule has 10 heteroatoms. The number of alkyl halides is 2. The molecule has 4 rings (SSSR count). The Bertz CT molecular complexity index is 1130. The zero-order valence-corrected chi connectivity index (χ0v) is 16.4. The van der Waals surface area contributed by atoms with Gasteiger partial charge in [0.25, 0.3) is 5.89 Å². The molecule has 1 aromatic carbocycles. The summed E-state index contributed by atoms with van der Waals surface area (Å²) in [4.78, 5) is 4.26. The van der Waals surface area contributed by atoms with E-state index in [0.29, 0.717) is 23.4 Å². The third-order valence-corrected chi connectivity index (χ3v) is 6.57. The standard InChI is InChI=1S/C19H18F2N4O3S/c1-2-12-4-3-5-16-15(12)8-9-29(26,27)25(16)11-14-7-6-13(10-22-14)18-23-24-19(28-18)17(20)21/h3-7,10,17H,2,8-9,11H2,1H3. The smallest absolute Gasteiger partial charge is 0.314 e. The van der Waals surface area contributed by atoms with Crippen molar-refractivity contribution in [2.45, 2.75) is 32.7 Å². The molecule has 0 fully saturated rings. The molecule has 0 unspecified atom stereocenters. The third kappa shape index (κ3) is 3.71. The Morgan fingerprint density at radius 1 is 1.21 bits per heavy atom. The van der Waals surface area contributed by atoms with Crippen molar-refractivity contribution in [1.29, 1.82) is 0 Å². The van der Waals surface area contributed by atoms with Gasteiger partial charge in [-0.25, -0.2) is 8.42 Å². The van der Waals surface area contributed by atoms with E-state index >= 15 is 0 Å². The molecule has 152 valence electrons. The van der Waals surface area contributed by atoms with Gasteiger partial charge in [0.05, 0.1) is 29.2 Å². The van der Waals surface area contributed by atoms with E-state index in [1.807, 2.05) is 25.1 Å². The van der Waals surface area contributed by atoms with Crippen molar-refractivity contribution in [3.63, 3.8) is 0 Å². The maximum atomic E-state index is 12.7. The highest BCUT2D eigenvalue weighted by Gasteiger charge is 2.31. The summed E-state index contributed by atoms with van der Waals surface area (Å²) in [5.41, 5.74) is 3.76. The van der Waals surface area contributed by atoms with E-state index < -0.39 is 22.3 Å². The fourth-order valence-corrected chi connectivity index (χ4v) is 4.86. The maximum Gasteiger partial charge on any atom is 0.314 e. The van der Waals surface area contributed by atoms with Crippen molar-refractivity contribution >= 4 is 15.7 Å². The third-order valence-electron chi connectivity index (χ3n) is 4.85. The SMILES string of the molecule is CCc1cccc2c1CCS(=O)(=O)N2Cc1ccc(-c2nnc(C(F)F)o2)cn1. The van der Waals surface area contributed by atoms with Gasteiger partial charge < -0.3 is 4.42 Å². The van der Waals surface area contributed by atoms with Crippen LogP contribution in [0, 0.1) is 0 Å². The van der Waals surface area contributed by atoms with Gasteiger partial charge in [-0.2, -0.15) is 8.78 Å². The Hall–Kier alpha value is -2.88. The van der Waals surface area contributed by atoms with Gasteiger partial charge in [0.15, 0.2) is 0 Å². The fraction of sp³-hybridized carbons (Fsp3) is 0.316. The lowest BCUT2D eigenvalue weighted by Crippen LogP contribution is -2.38. The highest BCUT2D eigenvalue weighted by molar-refractivity contribution is 7.92. The quantitative estimate of drug-likeness (QED) is 0.627. The van der Waals surface area contributed by atoms with Crippen LogP contribution < -0.4 is 4.31 Å². The zero-order valence-electron chi connectivity index (χ0n) is 15.5. The first-order chi connectivity index (χ1) is 13.9. The Morgan fingerprint density at radius 2 is 2.03 bits per heavy atom. The fourth-order valence-electron chi connectivity index (χ4n) is 3.38. The zero-order chi connectivity index (χ0) is 20.6. The molecule has 0 aliphatic carbocycles. The molecular formula is C19H18F2N4O3S. The molecule has 0 amide bonds. The number of aryl methyl sites for hydroxylation is 1. The number of sulfonamides is 1. The van der Waals surface area contributed by atoms with Crippen LogP contribution >= 0.6 is 0 Å². The molecule has 7 nitrogen and oxygen atoms in total. The van der Waals surface area contributed by atoms with Crippen LogP contribution in [-0.2, 0) is 29.4 Å². The van der Waals surface area contributed by atoms with Crippen LogP contribution in [0.25, 0.3) is 11.5 Å². The molecule has 0 atom stereocenters. The molecule has 1 aliphatic heterocycles. The van der Waals surface area contributed by atoms with E-state index in [4.69, 9.17) is 4.42 Å². The molecule has 3 heterocycles. The van der Waals surface area contributed by atoms with Gasteiger partial charge in [-0.3, -0.25) is 9.29 Å². The van der Waals surface area contributed by atoms with Crippen molar-refractivity contribution in [1.82, 2.24) is 15.2 Å². The van der Waals surface area contributed by atoms with Gasteiger partial charge in [0.1, 0.15) is 0 Å². The average molecular weight is 420 g/mol. The van der Waals surface area contributed by atoms with Crippen LogP contribution in [0.3, 0.4) is 0 Å². The largest absolute Gasteiger partial charge is 0.415 e. The van der Waals surface area contributed by atoms with Crippen LogP contribution in [0.2, 0.25) is 0 Å². The molecule has 0 radical (unpaired) electrons. The van der Waals surface area contributed by atoms with Crippen molar-refractivity contribution < 1.29 is 21.6 Å². The van der Waals surface area contributed by atoms with E-state index in [9.17, 15) is 17.2 Å². The number of nitrogens with zero attached hydrogens (tertiary/aromatic N) is 4. The van der Waals surface area contributed by atoms with E-state index in [1.54, 1.807) is 12.1 Å². The van der Waals surface area contributed by atoms with Crippen LogP contribution in [0.1, 0.15) is 36.1 Å². The topological polar surface area (TPSA) is 89.2 Å². The van der Waals surface area contributed by atoms with Crippen molar-refractivity contribution in [2.75, 3.05) is 10.1 Å². The summed E-state index contributed by atoms with van der Waals surface area (Å²) >= 11 is 0. The molecule has 0 bridgehead atoms. The second kappa shape index (κ2) is 7.51. The predicted octanol–water partition coefficient (Wildman–Crippen LogP) is 3.52. The number of halogens is 2. The number of anilines is 1. The number of benzene rings is 1. The summed E-state index contributed by atoms with van der Waals surface area (Å²) in [5, 5.41) is 6.87. The van der Waals surface area contributed by atoms with Gasteiger partial charge in [-0.1, -0.05) is 19.1 Å². The van der Waals surface area contributed by atoms with Crippen molar-refractivity contribution in [2.24, 2.45) is 0 Å². The first-order valence-electron chi connectivity index (χ1n) is 9.07. The summed E-state index contributed by atoms with van der Waals surface area (Å²) in [6.45, 7) is 2.12. The number of hydrogen-bond acceptors (Lipinski definition) is 6. The molecule has 0 saturated heterocycles. The summed E-state index contributed by atoms with van der Waals surface area (Å²) < 4.78 is 56.9. The minimum Gasteiger partial charge on any atom is -0.415 e. The lowest BCUT2D eigenvalue weighted by atomic mass is 10.0. The van der Waals surface area contributed by atoms with Gasteiger partial charge in [-0.15, -0.1) is 10.2 Å². The maximum absolute atomic E-state index is 12.7. The van der Waals surface area contributed by atoms with Gasteiger partial charge in [0, 0.05) is 6.20 Å². The number of rotatable bonds is 5. The summed E-state index contributed by atoms with van der Waals surface area (Å²) in [7, 11) is -3.46. The second-order valence-corrected chi connectivity index (χ2v) is 8.64. The highest BCUT2D eigenvalue weighted by atomic mass is 32.2. The van der Waals surface area contributed by atoms with E-state index in [0.717, 1.165) is 17.5 Å². The van der Waals surface area contributed by atoms with Crippen LogP contribution in [0.4, 0.5) is 14.5 Å². The number of hydrogen-bond donors (Lipinski definition) is 0. The lowest BCUT2D eigenvalue weighted by Gasteiger charge is -2.31. The Balaban J connectivity index is 1.62. The molecule has 1 aliphatic rings. The Kier molecular flexibility index (Phi) is 5.03. The minimum absolute atomic E-state index is 0.0491. The van der Waals surface area contributed by atoms with Gasteiger partial charge >= 0.3 is 6.43 Å². The minimum atomic E-state index is -3.46. The molecule has 2 aromatic heterocycles. The molecule has 0 spiro atoms. The van der Waals surface area contributed by atoms with Crippen LogP contribution in [-0.4, -0.2) is 29.4 Å². The summed E-state index contributed by atoms with van der Waals surface area (Å²) in [6, 6.07) is 8.89. The average Bonchev–Trinajstić information content (AvgIpc) is 3.21. The first-order valence-corrected chi connectivity index (χ1v) is 10.7. The molecule has 3 aromatic rings. The Labute approximate surface area is 166 Å². The molecule has 29 heavy (non-hydrogen) atoms. The first kappa shape index (κ1) is 19.4. The second-order valence-electron chi connectivity index (χ2n) is 6.63. The molecule has 0 N–H and O–H groups in total. The number of pyridine rings is 1. The highest BCUT2D eigenvalue weighted by Crippen LogP contribution is 2.33. The normalized spacial score (nSPS) is 15.5.